The second-order valence-electron chi connectivity index (χ2n) is 5.92. The van der Waals surface area contributed by atoms with Crippen LogP contribution in [0.25, 0.3) is 0 Å². The van der Waals surface area contributed by atoms with E-state index in [0.717, 1.165) is 17.9 Å². The first kappa shape index (κ1) is 12.4. The molecule has 2 fully saturated rings. The molecule has 0 heterocycles. The number of hydrogen-bond donors (Lipinski definition) is 1. The molecule has 0 saturated heterocycles. The van der Waals surface area contributed by atoms with Gasteiger partial charge >= 0.3 is 0 Å². The van der Waals surface area contributed by atoms with Gasteiger partial charge in [0.25, 0.3) is 5.91 Å². The van der Waals surface area contributed by atoms with E-state index in [1.165, 1.54) is 30.5 Å². The summed E-state index contributed by atoms with van der Waals surface area (Å²) in [7, 11) is 0. The number of hydrazone groups is 1. The van der Waals surface area contributed by atoms with Crippen molar-refractivity contribution in [1.82, 2.24) is 5.43 Å². The third kappa shape index (κ3) is 2.42. The van der Waals surface area contributed by atoms with Crippen molar-refractivity contribution in [3.63, 3.8) is 0 Å². The van der Waals surface area contributed by atoms with E-state index in [1.807, 2.05) is 32.0 Å². The van der Waals surface area contributed by atoms with Gasteiger partial charge in [-0.2, -0.15) is 5.10 Å². The number of amides is 1. The zero-order chi connectivity index (χ0) is 13.4. The Kier molecular flexibility index (Phi) is 3.13. The molecule has 1 aromatic carbocycles. The summed E-state index contributed by atoms with van der Waals surface area (Å²) in [5.41, 5.74) is 6.96. The highest BCUT2D eigenvalue weighted by molar-refractivity contribution is 5.96. The van der Waals surface area contributed by atoms with Crippen molar-refractivity contribution in [2.75, 3.05) is 0 Å². The van der Waals surface area contributed by atoms with Crippen LogP contribution in [-0.2, 0) is 0 Å². The Morgan fingerprint density at radius 2 is 2.11 bits per heavy atom. The average molecular weight is 256 g/mol. The fourth-order valence-corrected chi connectivity index (χ4v) is 3.23. The SMILES string of the molecule is Cc1ccc(C(=O)N/N=C2\C[C@H]3CC[C@@H]2C3)cc1C. The quantitative estimate of drug-likeness (QED) is 0.811. The molecule has 0 radical (unpaired) electrons. The predicted molar refractivity (Wildman–Crippen MR) is 76.3 cm³/mol. The fourth-order valence-electron chi connectivity index (χ4n) is 3.23. The summed E-state index contributed by atoms with van der Waals surface area (Å²) in [6.07, 6.45) is 4.95. The number of fused-ring (bicyclic) bond motifs is 2. The highest BCUT2D eigenvalue weighted by Gasteiger charge is 2.36. The lowest BCUT2D eigenvalue weighted by Gasteiger charge is -2.11. The molecule has 1 aromatic rings. The zero-order valence-corrected chi connectivity index (χ0v) is 11.6. The first-order valence-electron chi connectivity index (χ1n) is 7.07. The summed E-state index contributed by atoms with van der Waals surface area (Å²) in [6.45, 7) is 4.07. The maximum Gasteiger partial charge on any atom is 0.271 e. The number of benzene rings is 1. The molecule has 0 aromatic heterocycles. The summed E-state index contributed by atoms with van der Waals surface area (Å²) < 4.78 is 0. The van der Waals surface area contributed by atoms with E-state index in [2.05, 4.69) is 10.5 Å². The van der Waals surface area contributed by atoms with Gasteiger partial charge in [-0.1, -0.05) is 6.07 Å². The van der Waals surface area contributed by atoms with E-state index in [1.54, 1.807) is 0 Å². The molecule has 1 N–H and O–H groups in total. The second kappa shape index (κ2) is 4.80. The van der Waals surface area contributed by atoms with Crippen LogP contribution >= 0.6 is 0 Å². The monoisotopic (exact) mass is 256 g/mol. The molecule has 2 atom stereocenters. The Morgan fingerprint density at radius 3 is 2.74 bits per heavy atom. The second-order valence-corrected chi connectivity index (χ2v) is 5.92. The van der Waals surface area contributed by atoms with E-state index >= 15 is 0 Å². The number of nitrogens with one attached hydrogen (secondary N) is 1. The van der Waals surface area contributed by atoms with Gasteiger partial charge in [0.15, 0.2) is 0 Å². The average Bonchev–Trinajstić information content (AvgIpc) is 3.01. The van der Waals surface area contributed by atoms with Gasteiger partial charge in [-0.25, -0.2) is 5.43 Å². The normalized spacial score (nSPS) is 26.9. The highest BCUT2D eigenvalue weighted by Crippen LogP contribution is 2.42. The first-order chi connectivity index (χ1) is 9.13. The lowest BCUT2D eigenvalue weighted by Crippen LogP contribution is -2.22. The van der Waals surface area contributed by atoms with Crippen LogP contribution < -0.4 is 5.43 Å². The number of rotatable bonds is 2. The molecule has 3 heteroatoms. The van der Waals surface area contributed by atoms with Crippen LogP contribution in [0, 0.1) is 25.7 Å². The number of carbonyl (C=O) groups is 1. The largest absolute Gasteiger partial charge is 0.271 e. The van der Waals surface area contributed by atoms with Gasteiger partial charge in [0.2, 0.25) is 0 Å². The molecule has 3 rings (SSSR count). The van der Waals surface area contributed by atoms with Gasteiger partial charge in [0.05, 0.1) is 0 Å². The summed E-state index contributed by atoms with van der Waals surface area (Å²) in [5, 5.41) is 4.35. The Labute approximate surface area is 114 Å². The van der Waals surface area contributed by atoms with Gasteiger partial charge < -0.3 is 0 Å². The van der Waals surface area contributed by atoms with Crippen LogP contribution in [-0.4, -0.2) is 11.6 Å². The predicted octanol–water partition coefficient (Wildman–Crippen LogP) is 3.21. The molecule has 2 aliphatic carbocycles. The highest BCUT2D eigenvalue weighted by atomic mass is 16.2. The van der Waals surface area contributed by atoms with E-state index in [4.69, 9.17) is 0 Å². The van der Waals surface area contributed by atoms with Crippen LogP contribution in [0.5, 0.6) is 0 Å². The van der Waals surface area contributed by atoms with Crippen molar-refractivity contribution in [2.45, 2.75) is 39.5 Å². The van der Waals surface area contributed by atoms with E-state index in [9.17, 15) is 4.79 Å². The summed E-state index contributed by atoms with van der Waals surface area (Å²) >= 11 is 0. The number of hydrogen-bond acceptors (Lipinski definition) is 2. The molecular formula is C16H20N2O. The molecule has 2 aliphatic rings. The van der Waals surface area contributed by atoms with Crippen molar-refractivity contribution >= 4 is 11.6 Å². The first-order valence-corrected chi connectivity index (χ1v) is 7.07. The molecule has 3 nitrogen and oxygen atoms in total. The van der Waals surface area contributed by atoms with Crippen molar-refractivity contribution in [3.8, 4) is 0 Å². The van der Waals surface area contributed by atoms with Crippen molar-refractivity contribution in [2.24, 2.45) is 16.9 Å². The molecular weight excluding hydrogens is 236 g/mol. The smallest absolute Gasteiger partial charge is 0.267 e. The van der Waals surface area contributed by atoms with Crippen LogP contribution in [0.2, 0.25) is 0 Å². The van der Waals surface area contributed by atoms with E-state index in [-0.39, 0.29) is 5.91 Å². The Balaban J connectivity index is 1.68. The van der Waals surface area contributed by atoms with Crippen molar-refractivity contribution in [1.29, 1.82) is 0 Å². The third-order valence-corrected chi connectivity index (χ3v) is 4.58. The maximum absolute atomic E-state index is 12.1. The van der Waals surface area contributed by atoms with Gasteiger partial charge in [0, 0.05) is 11.3 Å². The lowest BCUT2D eigenvalue weighted by atomic mass is 9.99. The minimum Gasteiger partial charge on any atom is -0.267 e. The van der Waals surface area contributed by atoms with Gasteiger partial charge in [-0.15, -0.1) is 0 Å². The van der Waals surface area contributed by atoms with Crippen LogP contribution in [0.15, 0.2) is 23.3 Å². The molecule has 2 bridgehead atoms. The Bertz CT molecular complexity index is 548. The van der Waals surface area contributed by atoms with Crippen molar-refractivity contribution in [3.05, 3.63) is 34.9 Å². The van der Waals surface area contributed by atoms with E-state index in [0.29, 0.717) is 11.5 Å². The standard InChI is InChI=1S/C16H20N2O/c1-10-3-5-14(7-11(10)2)16(19)18-17-15-9-12-4-6-13(15)8-12/h3,5,7,12-13H,4,6,8-9H2,1-2H3,(H,18,19)/b17-15+/t12-,13+/m0/s1. The molecule has 0 unspecified atom stereocenters. The van der Waals surface area contributed by atoms with Gasteiger partial charge in [0.1, 0.15) is 0 Å². The topological polar surface area (TPSA) is 41.5 Å². The molecule has 19 heavy (non-hydrogen) atoms. The maximum atomic E-state index is 12.1. The zero-order valence-electron chi connectivity index (χ0n) is 11.6. The van der Waals surface area contributed by atoms with Crippen molar-refractivity contribution < 1.29 is 4.79 Å². The molecule has 1 amide bonds. The number of nitrogens with zero attached hydrogens (tertiary/aromatic N) is 1. The minimum absolute atomic E-state index is 0.0987. The molecule has 0 spiro atoms. The van der Waals surface area contributed by atoms with Crippen LogP contribution in [0.3, 0.4) is 0 Å². The van der Waals surface area contributed by atoms with Crippen LogP contribution in [0.4, 0.5) is 0 Å². The third-order valence-electron chi connectivity index (χ3n) is 4.58. The minimum atomic E-state index is -0.0987. The lowest BCUT2D eigenvalue weighted by molar-refractivity contribution is 0.0954. The summed E-state index contributed by atoms with van der Waals surface area (Å²) in [6, 6.07) is 5.76. The van der Waals surface area contributed by atoms with Gasteiger partial charge in [-0.05, 0) is 74.6 Å². The number of aryl methyl sites for hydroxylation is 2. The molecule has 0 aliphatic heterocycles. The number of carbonyl (C=O) groups excluding carboxylic acids is 1. The summed E-state index contributed by atoms with van der Waals surface area (Å²) in [5.74, 6) is 1.35. The van der Waals surface area contributed by atoms with E-state index < -0.39 is 0 Å². The van der Waals surface area contributed by atoms with Crippen LogP contribution in [0.1, 0.15) is 47.2 Å². The fraction of sp³-hybridized carbons (Fsp3) is 0.500. The molecule has 2 saturated carbocycles. The Morgan fingerprint density at radius 1 is 1.26 bits per heavy atom. The van der Waals surface area contributed by atoms with Gasteiger partial charge in [-0.3, -0.25) is 4.79 Å². The Hall–Kier alpha value is -1.64. The summed E-state index contributed by atoms with van der Waals surface area (Å²) in [4.78, 5) is 12.1. The molecule has 100 valence electrons.